The fourth-order valence-corrected chi connectivity index (χ4v) is 6.22. The molecular weight excluding hydrogens is 280 g/mol. The van der Waals surface area contributed by atoms with Crippen LogP contribution in [0, 0.1) is 23.2 Å². The average Bonchev–Trinajstić information content (AvgIpc) is 2.88. The highest BCUT2D eigenvalue weighted by atomic mass is 16.5. The van der Waals surface area contributed by atoms with Crippen LogP contribution in [-0.2, 0) is 6.42 Å². The summed E-state index contributed by atoms with van der Waals surface area (Å²) in [5.74, 6) is 4.51. The van der Waals surface area contributed by atoms with Gasteiger partial charge in [-0.2, -0.15) is 0 Å². The topological polar surface area (TPSA) is 9.23 Å². The second kappa shape index (κ2) is 5.40. The Kier molecular flexibility index (Phi) is 3.59. The molecule has 23 heavy (non-hydrogen) atoms. The summed E-state index contributed by atoms with van der Waals surface area (Å²) in [5, 5.41) is 0. The van der Waals surface area contributed by atoms with Gasteiger partial charge in [0.25, 0.3) is 0 Å². The van der Waals surface area contributed by atoms with Crippen molar-refractivity contribution in [3.63, 3.8) is 0 Å². The minimum Gasteiger partial charge on any atom is -0.496 e. The number of ether oxygens (including phenoxy) is 1. The molecule has 2 saturated carbocycles. The van der Waals surface area contributed by atoms with Crippen LogP contribution in [0.4, 0.5) is 0 Å². The lowest BCUT2D eigenvalue weighted by Gasteiger charge is -2.50. The first-order chi connectivity index (χ1) is 11.1. The maximum absolute atomic E-state index is 5.63. The molecule has 0 amide bonds. The number of rotatable bonds is 2. The van der Waals surface area contributed by atoms with Crippen LogP contribution < -0.4 is 4.74 Å². The number of hydrogen-bond donors (Lipinski definition) is 0. The zero-order valence-corrected chi connectivity index (χ0v) is 14.9. The molecule has 0 aromatic heterocycles. The van der Waals surface area contributed by atoms with E-state index < -0.39 is 0 Å². The fourth-order valence-electron chi connectivity index (χ4n) is 6.22. The van der Waals surface area contributed by atoms with Gasteiger partial charge in [0, 0.05) is 5.56 Å². The predicted molar refractivity (Wildman–Crippen MR) is 96.9 cm³/mol. The Morgan fingerprint density at radius 1 is 1.22 bits per heavy atom. The predicted octanol–water partition coefficient (Wildman–Crippen LogP) is 5.83. The molecule has 4 rings (SSSR count). The van der Waals surface area contributed by atoms with Crippen molar-refractivity contribution in [3.05, 3.63) is 35.4 Å². The summed E-state index contributed by atoms with van der Waals surface area (Å²) in [7, 11) is 1.78. The van der Waals surface area contributed by atoms with Crippen molar-refractivity contribution >= 4 is 6.08 Å². The second-order valence-corrected chi connectivity index (χ2v) is 8.44. The van der Waals surface area contributed by atoms with Gasteiger partial charge in [-0.1, -0.05) is 26.5 Å². The van der Waals surface area contributed by atoms with Crippen LogP contribution in [0.3, 0.4) is 0 Å². The molecule has 3 aliphatic carbocycles. The largest absolute Gasteiger partial charge is 0.496 e. The molecule has 1 aromatic rings. The van der Waals surface area contributed by atoms with Gasteiger partial charge in [0.1, 0.15) is 5.75 Å². The first-order valence-electron chi connectivity index (χ1n) is 9.41. The molecule has 0 spiro atoms. The highest BCUT2D eigenvalue weighted by Crippen LogP contribution is 2.63. The summed E-state index contributed by atoms with van der Waals surface area (Å²) < 4.78 is 5.63. The van der Waals surface area contributed by atoms with Gasteiger partial charge in [-0.3, -0.25) is 0 Å². The van der Waals surface area contributed by atoms with E-state index in [1.165, 1.54) is 38.5 Å². The molecular formula is C22H30O. The average molecular weight is 310 g/mol. The standard InChI is InChI=1S/C22H30O/c1-5-15-12-16-7-8-18-17(19(16)13-21(15)23-4)10-11-22(3)14(2)6-9-20(18)22/h5,12-14,17-18,20H,1,6-11H2,2-4H3/t14?,17?,18?,20?,22-/m1/s1. The third-order valence-corrected chi connectivity index (χ3v) is 7.77. The molecule has 0 aliphatic heterocycles. The van der Waals surface area contributed by atoms with E-state index in [0.717, 1.165) is 35.0 Å². The molecule has 1 aromatic carbocycles. The number of fused-ring (bicyclic) bond motifs is 5. The molecule has 2 fully saturated rings. The third-order valence-electron chi connectivity index (χ3n) is 7.77. The van der Waals surface area contributed by atoms with Crippen LogP contribution in [0.15, 0.2) is 18.7 Å². The van der Waals surface area contributed by atoms with Gasteiger partial charge in [-0.15, -0.1) is 0 Å². The summed E-state index contributed by atoms with van der Waals surface area (Å²) in [6.07, 6.45) is 10.2. The van der Waals surface area contributed by atoms with Crippen molar-refractivity contribution in [3.8, 4) is 5.75 Å². The van der Waals surface area contributed by atoms with Crippen LogP contribution in [-0.4, -0.2) is 7.11 Å². The Morgan fingerprint density at radius 3 is 2.78 bits per heavy atom. The normalized spacial score (nSPS) is 38.4. The Hall–Kier alpha value is -1.24. The Bertz CT molecular complexity index is 631. The molecule has 0 N–H and O–H groups in total. The van der Waals surface area contributed by atoms with E-state index in [1.54, 1.807) is 18.2 Å². The van der Waals surface area contributed by atoms with Gasteiger partial charge in [0.15, 0.2) is 0 Å². The first kappa shape index (κ1) is 15.3. The maximum atomic E-state index is 5.63. The smallest absolute Gasteiger partial charge is 0.126 e. The number of hydrogen-bond acceptors (Lipinski definition) is 1. The molecule has 0 radical (unpaired) electrons. The lowest BCUT2D eigenvalue weighted by atomic mass is 9.54. The summed E-state index contributed by atoms with van der Waals surface area (Å²) in [5.41, 5.74) is 4.89. The van der Waals surface area contributed by atoms with Gasteiger partial charge in [-0.05, 0) is 90.9 Å². The van der Waals surface area contributed by atoms with Gasteiger partial charge < -0.3 is 4.74 Å². The second-order valence-electron chi connectivity index (χ2n) is 8.44. The molecule has 3 aliphatic rings. The minimum atomic E-state index is 0.601. The Labute approximate surface area is 141 Å². The molecule has 0 saturated heterocycles. The van der Waals surface area contributed by atoms with E-state index in [9.17, 15) is 0 Å². The highest BCUT2D eigenvalue weighted by Gasteiger charge is 2.53. The molecule has 5 atom stereocenters. The molecule has 0 bridgehead atoms. The fraction of sp³-hybridized carbons (Fsp3) is 0.636. The van der Waals surface area contributed by atoms with E-state index in [-0.39, 0.29) is 0 Å². The van der Waals surface area contributed by atoms with E-state index in [2.05, 4.69) is 32.6 Å². The zero-order chi connectivity index (χ0) is 16.2. The van der Waals surface area contributed by atoms with Gasteiger partial charge in [0.2, 0.25) is 0 Å². The SMILES string of the molecule is C=Cc1cc2c(cc1OC)C1CC[C@]3(C)C(C)CCC3C1CC2. The quantitative estimate of drug-likeness (QED) is 0.667. The summed E-state index contributed by atoms with van der Waals surface area (Å²) in [6, 6.07) is 4.67. The molecule has 0 heterocycles. The van der Waals surface area contributed by atoms with E-state index in [1.807, 2.05) is 6.08 Å². The van der Waals surface area contributed by atoms with Crippen LogP contribution >= 0.6 is 0 Å². The molecule has 4 unspecified atom stereocenters. The van der Waals surface area contributed by atoms with Gasteiger partial charge in [0.05, 0.1) is 7.11 Å². The lowest BCUT2D eigenvalue weighted by Crippen LogP contribution is -2.41. The highest BCUT2D eigenvalue weighted by molar-refractivity contribution is 5.59. The van der Waals surface area contributed by atoms with Crippen molar-refractivity contribution in [2.75, 3.05) is 7.11 Å². The van der Waals surface area contributed by atoms with Crippen molar-refractivity contribution in [1.29, 1.82) is 0 Å². The van der Waals surface area contributed by atoms with Crippen LogP contribution in [0.2, 0.25) is 0 Å². The van der Waals surface area contributed by atoms with Gasteiger partial charge in [-0.25, -0.2) is 0 Å². The van der Waals surface area contributed by atoms with Gasteiger partial charge >= 0.3 is 0 Å². The summed E-state index contributed by atoms with van der Waals surface area (Å²) in [4.78, 5) is 0. The number of aryl methyl sites for hydroxylation is 1. The van der Waals surface area contributed by atoms with E-state index in [0.29, 0.717) is 5.41 Å². The lowest BCUT2D eigenvalue weighted by molar-refractivity contribution is 0.0336. The van der Waals surface area contributed by atoms with Crippen molar-refractivity contribution < 1.29 is 4.74 Å². The number of benzene rings is 1. The zero-order valence-electron chi connectivity index (χ0n) is 14.9. The molecule has 1 nitrogen and oxygen atoms in total. The van der Waals surface area contributed by atoms with E-state index >= 15 is 0 Å². The summed E-state index contributed by atoms with van der Waals surface area (Å²) >= 11 is 0. The first-order valence-corrected chi connectivity index (χ1v) is 9.41. The molecule has 1 heteroatoms. The van der Waals surface area contributed by atoms with Crippen molar-refractivity contribution in [2.24, 2.45) is 23.2 Å². The number of methoxy groups -OCH3 is 1. The minimum absolute atomic E-state index is 0.601. The maximum Gasteiger partial charge on any atom is 0.126 e. The van der Waals surface area contributed by atoms with E-state index in [4.69, 9.17) is 4.74 Å². The van der Waals surface area contributed by atoms with Crippen molar-refractivity contribution in [1.82, 2.24) is 0 Å². The Morgan fingerprint density at radius 2 is 2.04 bits per heavy atom. The van der Waals surface area contributed by atoms with Crippen molar-refractivity contribution in [2.45, 2.75) is 58.3 Å². The Balaban J connectivity index is 1.73. The van der Waals surface area contributed by atoms with Crippen LogP contribution in [0.25, 0.3) is 6.08 Å². The van der Waals surface area contributed by atoms with Crippen LogP contribution in [0.1, 0.15) is 68.6 Å². The molecule has 124 valence electrons. The third kappa shape index (κ3) is 2.12. The summed E-state index contributed by atoms with van der Waals surface area (Å²) in [6.45, 7) is 9.03. The monoisotopic (exact) mass is 310 g/mol. The van der Waals surface area contributed by atoms with Crippen LogP contribution in [0.5, 0.6) is 5.75 Å².